The molecule has 23 heavy (non-hydrogen) atoms. The summed E-state index contributed by atoms with van der Waals surface area (Å²) >= 11 is 0. The van der Waals surface area contributed by atoms with Crippen molar-refractivity contribution in [2.24, 2.45) is 0 Å². The number of rotatable bonds is 6. The highest BCUT2D eigenvalue weighted by Crippen LogP contribution is 2.22. The van der Waals surface area contributed by atoms with E-state index in [0.29, 0.717) is 11.7 Å². The van der Waals surface area contributed by atoms with E-state index in [4.69, 9.17) is 4.74 Å². The normalized spacial score (nSPS) is 11.8. The van der Waals surface area contributed by atoms with E-state index < -0.39 is 0 Å². The fourth-order valence-electron chi connectivity index (χ4n) is 2.35. The number of carbonyl (C=O) groups is 1. The molecule has 0 saturated heterocycles. The van der Waals surface area contributed by atoms with Crippen LogP contribution in [-0.4, -0.2) is 12.5 Å². The third-order valence-electron chi connectivity index (χ3n) is 4.31. The fraction of sp³-hybridized carbons (Fsp3) is 0.350. The summed E-state index contributed by atoms with van der Waals surface area (Å²) in [5, 5.41) is 2.90. The van der Waals surface area contributed by atoms with Gasteiger partial charge < -0.3 is 10.1 Å². The number of amides is 1. The molecule has 0 unspecified atom stereocenters. The molecule has 2 aromatic carbocycles. The summed E-state index contributed by atoms with van der Waals surface area (Å²) < 4.78 is 5.57. The number of benzene rings is 2. The monoisotopic (exact) mass is 311 g/mol. The molecule has 2 rings (SSSR count). The Morgan fingerprint density at radius 1 is 1.13 bits per heavy atom. The molecule has 0 saturated carbocycles. The van der Waals surface area contributed by atoms with Crippen LogP contribution in [0.1, 0.15) is 42.9 Å². The number of hydrogen-bond donors (Lipinski definition) is 1. The molecular weight excluding hydrogens is 286 g/mol. The Morgan fingerprint density at radius 2 is 1.83 bits per heavy atom. The van der Waals surface area contributed by atoms with Gasteiger partial charge in [0, 0.05) is 5.69 Å². The van der Waals surface area contributed by atoms with Crippen LogP contribution in [-0.2, 0) is 4.79 Å². The summed E-state index contributed by atoms with van der Waals surface area (Å²) in [6.45, 7) is 8.41. The SMILES string of the molecule is CC[C@@H](C)c1ccc(OCC(=O)Nc2cccc(C)c2C)cc1. The first-order valence-electron chi connectivity index (χ1n) is 8.10. The van der Waals surface area contributed by atoms with Gasteiger partial charge in [-0.1, -0.05) is 38.1 Å². The minimum atomic E-state index is -0.148. The van der Waals surface area contributed by atoms with Crippen LogP contribution < -0.4 is 10.1 Å². The van der Waals surface area contributed by atoms with E-state index >= 15 is 0 Å². The van der Waals surface area contributed by atoms with Crippen molar-refractivity contribution in [3.63, 3.8) is 0 Å². The van der Waals surface area contributed by atoms with Crippen LogP contribution in [0.15, 0.2) is 42.5 Å². The van der Waals surface area contributed by atoms with Crippen LogP contribution in [0.2, 0.25) is 0 Å². The second-order valence-electron chi connectivity index (χ2n) is 5.96. The molecule has 0 aliphatic carbocycles. The lowest BCUT2D eigenvalue weighted by atomic mass is 9.99. The molecule has 2 aromatic rings. The van der Waals surface area contributed by atoms with Crippen molar-refractivity contribution in [2.45, 2.75) is 40.0 Å². The van der Waals surface area contributed by atoms with Crippen molar-refractivity contribution in [2.75, 3.05) is 11.9 Å². The molecule has 0 aromatic heterocycles. The van der Waals surface area contributed by atoms with Crippen molar-refractivity contribution < 1.29 is 9.53 Å². The second-order valence-corrected chi connectivity index (χ2v) is 5.96. The zero-order valence-electron chi connectivity index (χ0n) is 14.3. The molecule has 0 fully saturated rings. The summed E-state index contributed by atoms with van der Waals surface area (Å²) in [6, 6.07) is 13.8. The van der Waals surface area contributed by atoms with E-state index in [1.165, 1.54) is 5.56 Å². The highest BCUT2D eigenvalue weighted by molar-refractivity contribution is 5.92. The van der Waals surface area contributed by atoms with Gasteiger partial charge in [0.25, 0.3) is 5.91 Å². The lowest BCUT2D eigenvalue weighted by molar-refractivity contribution is -0.118. The van der Waals surface area contributed by atoms with Gasteiger partial charge in [0.15, 0.2) is 6.61 Å². The van der Waals surface area contributed by atoms with E-state index in [1.54, 1.807) is 0 Å². The van der Waals surface area contributed by atoms with Gasteiger partial charge in [-0.3, -0.25) is 4.79 Å². The Morgan fingerprint density at radius 3 is 2.48 bits per heavy atom. The summed E-state index contributed by atoms with van der Waals surface area (Å²) in [4.78, 5) is 12.0. The third-order valence-corrected chi connectivity index (χ3v) is 4.31. The Kier molecular flexibility index (Phi) is 5.80. The third kappa shape index (κ3) is 4.59. The minimum absolute atomic E-state index is 0.00998. The average Bonchev–Trinajstić information content (AvgIpc) is 2.57. The van der Waals surface area contributed by atoms with Gasteiger partial charge in [-0.2, -0.15) is 0 Å². The van der Waals surface area contributed by atoms with Crippen LogP contribution in [0.25, 0.3) is 0 Å². The smallest absolute Gasteiger partial charge is 0.262 e. The molecule has 0 radical (unpaired) electrons. The Hall–Kier alpha value is -2.29. The molecule has 1 N–H and O–H groups in total. The lowest BCUT2D eigenvalue weighted by Gasteiger charge is -2.12. The molecule has 1 amide bonds. The Labute approximate surface area is 138 Å². The number of anilines is 1. The van der Waals surface area contributed by atoms with Gasteiger partial charge in [-0.05, 0) is 61.1 Å². The van der Waals surface area contributed by atoms with E-state index in [-0.39, 0.29) is 12.5 Å². The number of ether oxygens (including phenoxy) is 1. The Bertz CT molecular complexity index is 662. The predicted octanol–water partition coefficient (Wildman–Crippen LogP) is 4.83. The van der Waals surface area contributed by atoms with E-state index in [0.717, 1.165) is 23.2 Å². The van der Waals surface area contributed by atoms with Gasteiger partial charge in [0.1, 0.15) is 5.75 Å². The molecular formula is C20H25NO2. The first-order chi connectivity index (χ1) is 11.0. The van der Waals surface area contributed by atoms with Crippen molar-refractivity contribution in [3.8, 4) is 5.75 Å². The van der Waals surface area contributed by atoms with Crippen molar-refractivity contribution in [1.82, 2.24) is 0 Å². The summed E-state index contributed by atoms with van der Waals surface area (Å²) in [7, 11) is 0. The van der Waals surface area contributed by atoms with E-state index in [9.17, 15) is 4.79 Å². The molecule has 0 spiro atoms. The highest BCUT2D eigenvalue weighted by Gasteiger charge is 2.07. The summed E-state index contributed by atoms with van der Waals surface area (Å²) in [5.41, 5.74) is 4.37. The van der Waals surface area contributed by atoms with Crippen LogP contribution in [0, 0.1) is 13.8 Å². The molecule has 0 bridgehead atoms. The number of nitrogens with one attached hydrogen (secondary N) is 1. The first-order valence-corrected chi connectivity index (χ1v) is 8.10. The zero-order valence-corrected chi connectivity index (χ0v) is 14.3. The predicted molar refractivity (Wildman–Crippen MR) is 95.2 cm³/mol. The molecule has 1 atom stereocenters. The standard InChI is InChI=1S/C20H25NO2/c1-5-14(2)17-9-11-18(12-10-17)23-13-20(22)21-19-8-6-7-15(3)16(19)4/h6-12,14H,5,13H2,1-4H3,(H,21,22)/t14-/m1/s1. The lowest BCUT2D eigenvalue weighted by Crippen LogP contribution is -2.20. The van der Waals surface area contributed by atoms with Crippen LogP contribution >= 0.6 is 0 Å². The maximum absolute atomic E-state index is 12.0. The maximum Gasteiger partial charge on any atom is 0.262 e. The zero-order chi connectivity index (χ0) is 16.8. The van der Waals surface area contributed by atoms with Crippen molar-refractivity contribution in [1.29, 1.82) is 0 Å². The minimum Gasteiger partial charge on any atom is -0.484 e. The van der Waals surface area contributed by atoms with Crippen LogP contribution in [0.5, 0.6) is 5.75 Å². The molecule has 0 aliphatic rings. The van der Waals surface area contributed by atoms with Crippen molar-refractivity contribution >= 4 is 11.6 Å². The molecule has 3 nitrogen and oxygen atoms in total. The molecule has 3 heteroatoms. The van der Waals surface area contributed by atoms with E-state index in [1.807, 2.05) is 44.2 Å². The van der Waals surface area contributed by atoms with Crippen LogP contribution in [0.3, 0.4) is 0 Å². The maximum atomic E-state index is 12.0. The highest BCUT2D eigenvalue weighted by atomic mass is 16.5. The largest absolute Gasteiger partial charge is 0.484 e. The van der Waals surface area contributed by atoms with Gasteiger partial charge in [0.2, 0.25) is 0 Å². The second kappa shape index (κ2) is 7.82. The average molecular weight is 311 g/mol. The van der Waals surface area contributed by atoms with E-state index in [2.05, 4.69) is 31.3 Å². The fourth-order valence-corrected chi connectivity index (χ4v) is 2.35. The summed E-state index contributed by atoms with van der Waals surface area (Å²) in [5.74, 6) is 1.11. The number of aryl methyl sites for hydroxylation is 1. The van der Waals surface area contributed by atoms with Gasteiger partial charge in [0.05, 0.1) is 0 Å². The topological polar surface area (TPSA) is 38.3 Å². The van der Waals surface area contributed by atoms with Crippen LogP contribution in [0.4, 0.5) is 5.69 Å². The molecule has 0 aliphatic heterocycles. The quantitative estimate of drug-likeness (QED) is 0.829. The Balaban J connectivity index is 1.90. The van der Waals surface area contributed by atoms with Crippen molar-refractivity contribution in [3.05, 3.63) is 59.2 Å². The van der Waals surface area contributed by atoms with Gasteiger partial charge in [-0.15, -0.1) is 0 Å². The van der Waals surface area contributed by atoms with Gasteiger partial charge >= 0.3 is 0 Å². The number of hydrogen-bond acceptors (Lipinski definition) is 2. The molecule has 0 heterocycles. The summed E-state index contributed by atoms with van der Waals surface area (Å²) in [6.07, 6.45) is 1.11. The van der Waals surface area contributed by atoms with Gasteiger partial charge in [-0.25, -0.2) is 0 Å². The first kappa shape index (κ1) is 17.1. The molecule has 122 valence electrons. The number of carbonyl (C=O) groups excluding carboxylic acids is 1.